The Morgan fingerprint density at radius 3 is 2.52 bits per heavy atom. The van der Waals surface area contributed by atoms with E-state index < -0.39 is 0 Å². The van der Waals surface area contributed by atoms with Crippen LogP contribution in [0.2, 0.25) is 0 Å². The normalized spacial score (nSPS) is 21.7. The number of amides is 2. The fourth-order valence-corrected chi connectivity index (χ4v) is 5.12. The summed E-state index contributed by atoms with van der Waals surface area (Å²) in [7, 11) is 0. The van der Waals surface area contributed by atoms with E-state index in [4.69, 9.17) is 4.74 Å². The van der Waals surface area contributed by atoms with Crippen molar-refractivity contribution in [3.8, 4) is 0 Å². The molecule has 0 bridgehead atoms. The van der Waals surface area contributed by atoms with Crippen molar-refractivity contribution in [3.63, 3.8) is 0 Å². The van der Waals surface area contributed by atoms with Crippen LogP contribution in [0.25, 0.3) is 6.08 Å². The minimum atomic E-state index is -0.187. The molecule has 2 amide bonds. The smallest absolute Gasteiger partial charge is 0.263 e. The molecule has 0 aliphatic carbocycles. The van der Waals surface area contributed by atoms with Crippen LogP contribution in [0.15, 0.2) is 54.1 Å². The summed E-state index contributed by atoms with van der Waals surface area (Å²) in [4.78, 5) is 32.3. The van der Waals surface area contributed by atoms with Gasteiger partial charge in [-0.1, -0.05) is 48.0 Å². The summed E-state index contributed by atoms with van der Waals surface area (Å²) in [5.74, 6) is -0.363. The molecular weight excluding hydrogens is 414 g/mol. The molecule has 6 nitrogen and oxygen atoms in total. The largest absolute Gasteiger partial charge is 0.376 e. The van der Waals surface area contributed by atoms with Crippen LogP contribution >= 0.6 is 0 Å². The maximum atomic E-state index is 13.2. The molecule has 0 saturated carbocycles. The third kappa shape index (κ3) is 4.59. The van der Waals surface area contributed by atoms with Gasteiger partial charge in [0.1, 0.15) is 0 Å². The van der Waals surface area contributed by atoms with Gasteiger partial charge in [0.2, 0.25) is 0 Å². The number of fused-ring (bicyclic) bond motifs is 1. The molecule has 5 rings (SSSR count). The highest BCUT2D eigenvalue weighted by molar-refractivity contribution is 6.23. The van der Waals surface area contributed by atoms with Gasteiger partial charge >= 0.3 is 0 Å². The quantitative estimate of drug-likeness (QED) is 0.635. The lowest BCUT2D eigenvalue weighted by molar-refractivity contribution is 0.0475. The Morgan fingerprint density at radius 2 is 1.79 bits per heavy atom. The molecule has 2 aromatic rings. The summed E-state index contributed by atoms with van der Waals surface area (Å²) < 4.78 is 5.67. The molecular formula is C27H31N3O3. The molecule has 172 valence electrons. The van der Waals surface area contributed by atoms with E-state index in [1.165, 1.54) is 16.0 Å². The summed E-state index contributed by atoms with van der Waals surface area (Å²) >= 11 is 0. The second-order valence-electron chi connectivity index (χ2n) is 9.22. The Labute approximate surface area is 195 Å². The van der Waals surface area contributed by atoms with Crippen LogP contribution in [0.1, 0.15) is 46.0 Å². The van der Waals surface area contributed by atoms with Gasteiger partial charge < -0.3 is 9.64 Å². The molecule has 0 N–H and O–H groups in total. The third-order valence-electron chi connectivity index (χ3n) is 6.79. The molecule has 3 aliphatic rings. The molecule has 33 heavy (non-hydrogen) atoms. The number of anilines is 1. The van der Waals surface area contributed by atoms with Crippen LogP contribution in [0, 0.1) is 0 Å². The predicted octanol–water partition coefficient (Wildman–Crippen LogP) is 3.69. The number of hydrogen-bond acceptors (Lipinski definition) is 5. The average molecular weight is 446 g/mol. The monoisotopic (exact) mass is 445 g/mol. The lowest BCUT2D eigenvalue weighted by Gasteiger charge is -2.37. The van der Waals surface area contributed by atoms with Crippen molar-refractivity contribution in [1.29, 1.82) is 0 Å². The number of nitrogens with zero attached hydrogens (tertiary/aromatic N) is 3. The Balaban J connectivity index is 1.25. The van der Waals surface area contributed by atoms with Crippen molar-refractivity contribution in [2.45, 2.75) is 25.9 Å². The molecule has 1 atom stereocenters. The zero-order valence-corrected chi connectivity index (χ0v) is 19.2. The molecule has 0 aromatic heterocycles. The second kappa shape index (κ2) is 9.49. The number of carbonyl (C=O) groups excluding carboxylic acids is 2. The van der Waals surface area contributed by atoms with Crippen molar-refractivity contribution >= 4 is 23.6 Å². The average Bonchev–Trinajstić information content (AvgIpc) is 3.43. The number of imide groups is 1. The van der Waals surface area contributed by atoms with Gasteiger partial charge in [-0.2, -0.15) is 0 Å². The van der Waals surface area contributed by atoms with Crippen LogP contribution in [0.5, 0.6) is 0 Å². The highest BCUT2D eigenvalue weighted by atomic mass is 16.5. The second-order valence-corrected chi connectivity index (χ2v) is 9.22. The van der Waals surface area contributed by atoms with E-state index in [1.807, 2.05) is 18.2 Å². The van der Waals surface area contributed by atoms with Gasteiger partial charge in [-0.05, 0) is 37.5 Å². The first kappa shape index (κ1) is 21.9. The Bertz CT molecular complexity index is 1050. The van der Waals surface area contributed by atoms with Crippen molar-refractivity contribution in [3.05, 3.63) is 70.8 Å². The van der Waals surface area contributed by atoms with Gasteiger partial charge in [-0.25, -0.2) is 0 Å². The van der Waals surface area contributed by atoms with E-state index in [1.54, 1.807) is 6.07 Å². The lowest BCUT2D eigenvalue weighted by atomic mass is 10.1. The lowest BCUT2D eigenvalue weighted by Crippen LogP contribution is -2.47. The Morgan fingerprint density at radius 1 is 1.00 bits per heavy atom. The topological polar surface area (TPSA) is 53.1 Å². The standard InChI is InChI=1S/C27H31N3O3/c1-20(17-21-7-3-2-4-8-21)18-28-12-14-29(15-13-28)24-11-5-10-23-25(24)27(32)30(26(23)31)19-22-9-6-16-33-22/h2-5,7-8,10-11,17,22H,6,9,12-16,18-19H2,1H3/b20-17+/t22-/m1/s1. The number of hydrogen-bond donors (Lipinski definition) is 0. The summed E-state index contributed by atoms with van der Waals surface area (Å²) in [5, 5.41) is 0. The highest BCUT2D eigenvalue weighted by Crippen LogP contribution is 2.33. The first-order valence-electron chi connectivity index (χ1n) is 11.9. The SMILES string of the molecule is C/C(=C\c1ccccc1)CN1CCN(c2cccc3c2C(=O)N(C[C@H]2CCCO2)C3=O)CC1. The van der Waals surface area contributed by atoms with Crippen LogP contribution in [-0.2, 0) is 4.74 Å². The third-order valence-corrected chi connectivity index (χ3v) is 6.79. The number of ether oxygens (including phenoxy) is 1. The Kier molecular flexibility index (Phi) is 6.29. The van der Waals surface area contributed by atoms with Crippen molar-refractivity contribution in [2.75, 3.05) is 50.8 Å². The van der Waals surface area contributed by atoms with Gasteiger partial charge in [0.25, 0.3) is 11.8 Å². The van der Waals surface area contributed by atoms with E-state index >= 15 is 0 Å². The van der Waals surface area contributed by atoms with Crippen molar-refractivity contribution < 1.29 is 14.3 Å². The number of benzene rings is 2. The van der Waals surface area contributed by atoms with Gasteiger partial charge in [-0.15, -0.1) is 0 Å². The van der Waals surface area contributed by atoms with Crippen LogP contribution < -0.4 is 4.90 Å². The van der Waals surface area contributed by atoms with Gasteiger partial charge in [0.15, 0.2) is 0 Å². The van der Waals surface area contributed by atoms with Crippen LogP contribution in [0.4, 0.5) is 5.69 Å². The molecule has 0 radical (unpaired) electrons. The van der Waals surface area contributed by atoms with E-state index in [-0.39, 0.29) is 17.9 Å². The summed E-state index contributed by atoms with van der Waals surface area (Å²) in [6, 6.07) is 16.1. The van der Waals surface area contributed by atoms with E-state index in [0.29, 0.717) is 24.3 Å². The zero-order chi connectivity index (χ0) is 22.8. The minimum absolute atomic E-state index is 0.0358. The molecule has 2 saturated heterocycles. The zero-order valence-electron chi connectivity index (χ0n) is 19.2. The van der Waals surface area contributed by atoms with E-state index in [2.05, 4.69) is 47.1 Å². The number of piperazine rings is 1. The number of carbonyl (C=O) groups is 2. The minimum Gasteiger partial charge on any atom is -0.376 e. The molecule has 0 unspecified atom stereocenters. The first-order valence-corrected chi connectivity index (χ1v) is 11.9. The van der Waals surface area contributed by atoms with Gasteiger partial charge in [0.05, 0.1) is 29.5 Å². The highest BCUT2D eigenvalue weighted by Gasteiger charge is 2.40. The number of rotatable bonds is 6. The first-order chi connectivity index (χ1) is 16.1. The van der Waals surface area contributed by atoms with Gasteiger partial charge in [0, 0.05) is 39.3 Å². The maximum absolute atomic E-state index is 13.2. The van der Waals surface area contributed by atoms with Crippen molar-refractivity contribution in [2.24, 2.45) is 0 Å². The molecule has 3 heterocycles. The van der Waals surface area contributed by atoms with E-state index in [0.717, 1.165) is 51.3 Å². The van der Waals surface area contributed by atoms with Gasteiger partial charge in [-0.3, -0.25) is 19.4 Å². The predicted molar refractivity (Wildman–Crippen MR) is 130 cm³/mol. The summed E-state index contributed by atoms with van der Waals surface area (Å²) in [5.41, 5.74) is 4.54. The molecule has 2 fully saturated rings. The maximum Gasteiger partial charge on any atom is 0.263 e. The molecule has 0 spiro atoms. The molecule has 2 aromatic carbocycles. The summed E-state index contributed by atoms with van der Waals surface area (Å²) in [6.45, 7) is 7.69. The van der Waals surface area contributed by atoms with Crippen LogP contribution in [0.3, 0.4) is 0 Å². The fourth-order valence-electron chi connectivity index (χ4n) is 5.12. The fraction of sp³-hybridized carbons (Fsp3) is 0.407. The summed E-state index contributed by atoms with van der Waals surface area (Å²) in [6.07, 6.45) is 4.10. The van der Waals surface area contributed by atoms with Crippen molar-refractivity contribution in [1.82, 2.24) is 9.80 Å². The van der Waals surface area contributed by atoms with Crippen LogP contribution in [-0.4, -0.2) is 73.6 Å². The Hall–Kier alpha value is -2.96. The molecule has 6 heteroatoms. The molecule has 3 aliphatic heterocycles. The van der Waals surface area contributed by atoms with E-state index in [9.17, 15) is 9.59 Å².